The number of carbonyl (C=O) groups excluding carboxylic acids is 1. The van der Waals surface area contributed by atoms with Crippen molar-refractivity contribution in [2.75, 3.05) is 20.7 Å². The van der Waals surface area contributed by atoms with Crippen LogP contribution in [0, 0.1) is 0 Å². The van der Waals surface area contributed by atoms with Gasteiger partial charge in [-0.15, -0.1) is 22.7 Å². The number of fused-ring (bicyclic) bond motifs is 1. The van der Waals surface area contributed by atoms with Gasteiger partial charge in [-0.2, -0.15) is 0 Å². The number of hydrogen-bond acceptors (Lipinski definition) is 6. The van der Waals surface area contributed by atoms with Crippen LogP contribution in [0.25, 0.3) is 0 Å². The molecule has 0 fully saturated rings. The molecule has 0 saturated heterocycles. The molecule has 1 aliphatic heterocycles. The molecule has 9 heteroatoms. The predicted octanol–water partition coefficient (Wildman–Crippen LogP) is 3.78. The number of hydrogen-bond donors (Lipinski definition) is 0. The number of rotatable bonds is 5. The zero-order valence-electron chi connectivity index (χ0n) is 15.9. The van der Waals surface area contributed by atoms with Crippen molar-refractivity contribution >= 4 is 38.6 Å². The van der Waals surface area contributed by atoms with Gasteiger partial charge >= 0.3 is 0 Å². The molecular formula is C20H20N2O4S3. The van der Waals surface area contributed by atoms with E-state index in [1.807, 2.05) is 16.3 Å². The smallest absolute Gasteiger partial charge is 0.264 e. The number of sulfonamides is 1. The van der Waals surface area contributed by atoms with Gasteiger partial charge in [-0.25, -0.2) is 8.42 Å². The van der Waals surface area contributed by atoms with Gasteiger partial charge in [0, 0.05) is 28.9 Å². The number of benzene rings is 1. The number of thiophene rings is 2. The molecular weight excluding hydrogens is 428 g/mol. The van der Waals surface area contributed by atoms with Gasteiger partial charge in [0.15, 0.2) is 0 Å². The van der Waals surface area contributed by atoms with E-state index >= 15 is 0 Å². The Morgan fingerprint density at radius 1 is 1.14 bits per heavy atom. The zero-order chi connectivity index (χ0) is 20.6. The predicted molar refractivity (Wildman–Crippen MR) is 114 cm³/mol. The first-order chi connectivity index (χ1) is 13.9. The van der Waals surface area contributed by atoms with Crippen molar-refractivity contribution < 1.29 is 18.0 Å². The maximum absolute atomic E-state index is 13.3. The molecule has 29 heavy (non-hydrogen) atoms. The average Bonchev–Trinajstić information content (AvgIpc) is 3.43. The summed E-state index contributed by atoms with van der Waals surface area (Å²) >= 11 is 3.37. The minimum atomic E-state index is -3.75. The Kier molecular flexibility index (Phi) is 5.58. The lowest BCUT2D eigenvalue weighted by Gasteiger charge is -2.35. The molecule has 3 aromatic rings. The van der Waals surface area contributed by atoms with Crippen molar-refractivity contribution in [3.05, 3.63) is 74.1 Å². The molecule has 6 nitrogen and oxygen atoms in total. The summed E-state index contributed by atoms with van der Waals surface area (Å²) in [6.07, 6.45) is 0.825. The standard InChI is InChI=1S/C20H20N2O4S3/c1-21(26-2)29(24,25)15-7-5-14(6-8-15)20(23)22-11-9-17-16(10-13-28-17)19(22)18-4-3-12-27-18/h3-8,10,12-13,19H,9,11H2,1-2H3. The van der Waals surface area contributed by atoms with E-state index in [0.29, 0.717) is 12.1 Å². The highest BCUT2D eigenvalue weighted by molar-refractivity contribution is 7.89. The first-order valence-corrected chi connectivity index (χ1v) is 12.2. The molecule has 0 bridgehead atoms. The maximum atomic E-state index is 13.3. The van der Waals surface area contributed by atoms with E-state index in [2.05, 4.69) is 17.5 Å². The van der Waals surface area contributed by atoms with Gasteiger partial charge in [0.1, 0.15) is 0 Å². The van der Waals surface area contributed by atoms with E-state index in [9.17, 15) is 13.2 Å². The molecule has 152 valence electrons. The maximum Gasteiger partial charge on any atom is 0.264 e. The Morgan fingerprint density at radius 3 is 2.55 bits per heavy atom. The summed E-state index contributed by atoms with van der Waals surface area (Å²) in [4.78, 5) is 22.5. The molecule has 0 N–H and O–H groups in total. The second kappa shape index (κ2) is 8.00. The minimum absolute atomic E-state index is 0.0759. The van der Waals surface area contributed by atoms with E-state index < -0.39 is 10.0 Å². The Bertz CT molecular complexity index is 1110. The molecule has 1 aliphatic rings. The van der Waals surface area contributed by atoms with Gasteiger partial charge in [-0.3, -0.25) is 9.63 Å². The van der Waals surface area contributed by atoms with Gasteiger partial charge in [0.05, 0.1) is 18.0 Å². The van der Waals surface area contributed by atoms with Crippen LogP contribution in [0.15, 0.2) is 58.1 Å². The Morgan fingerprint density at radius 2 is 1.90 bits per heavy atom. The second-order valence-electron chi connectivity index (χ2n) is 6.59. The Balaban J connectivity index is 1.65. The molecule has 0 saturated carbocycles. The molecule has 0 spiro atoms. The van der Waals surface area contributed by atoms with Crippen LogP contribution >= 0.6 is 22.7 Å². The second-order valence-corrected chi connectivity index (χ2v) is 10.5. The highest BCUT2D eigenvalue weighted by Gasteiger charge is 2.34. The molecule has 1 amide bonds. The first kappa shape index (κ1) is 20.2. The van der Waals surface area contributed by atoms with Gasteiger partial charge in [0.2, 0.25) is 0 Å². The number of hydroxylamine groups is 1. The highest BCUT2D eigenvalue weighted by atomic mass is 32.2. The summed E-state index contributed by atoms with van der Waals surface area (Å²) in [7, 11) is -1.13. The van der Waals surface area contributed by atoms with Crippen LogP contribution in [-0.2, 0) is 21.3 Å². The third-order valence-electron chi connectivity index (χ3n) is 5.03. The van der Waals surface area contributed by atoms with Crippen LogP contribution < -0.4 is 0 Å². The largest absolute Gasteiger partial charge is 0.326 e. The van der Waals surface area contributed by atoms with Crippen LogP contribution in [0.1, 0.15) is 31.7 Å². The van der Waals surface area contributed by atoms with Crippen LogP contribution in [0.4, 0.5) is 0 Å². The van der Waals surface area contributed by atoms with Crippen molar-refractivity contribution in [2.45, 2.75) is 17.4 Å². The van der Waals surface area contributed by atoms with Crippen molar-refractivity contribution in [3.63, 3.8) is 0 Å². The molecule has 4 rings (SSSR count). The van der Waals surface area contributed by atoms with E-state index in [4.69, 9.17) is 4.84 Å². The molecule has 1 atom stereocenters. The third kappa shape index (κ3) is 3.64. The quantitative estimate of drug-likeness (QED) is 0.557. The fraction of sp³-hybridized carbons (Fsp3) is 0.250. The van der Waals surface area contributed by atoms with Crippen molar-refractivity contribution in [1.29, 1.82) is 0 Å². The number of nitrogens with zero attached hydrogens (tertiary/aromatic N) is 2. The Labute approximate surface area is 178 Å². The molecule has 2 aromatic heterocycles. The fourth-order valence-corrected chi connectivity index (χ4v) is 6.20. The van der Waals surface area contributed by atoms with Crippen LogP contribution in [-0.4, -0.2) is 44.4 Å². The summed E-state index contributed by atoms with van der Waals surface area (Å²) in [6.45, 7) is 0.626. The van der Waals surface area contributed by atoms with Crippen molar-refractivity contribution in [1.82, 2.24) is 9.37 Å². The SMILES string of the molecule is CON(C)S(=O)(=O)c1ccc(C(=O)N2CCc3sccc3C2c2cccs2)cc1. The summed E-state index contributed by atoms with van der Waals surface area (Å²) in [5.74, 6) is -0.107. The molecule has 0 radical (unpaired) electrons. The third-order valence-corrected chi connectivity index (χ3v) is 8.65. The van der Waals surface area contributed by atoms with Crippen LogP contribution in [0.3, 0.4) is 0 Å². The minimum Gasteiger partial charge on any atom is -0.326 e. The van der Waals surface area contributed by atoms with Gasteiger partial charge in [0.25, 0.3) is 15.9 Å². The lowest BCUT2D eigenvalue weighted by atomic mass is 9.97. The van der Waals surface area contributed by atoms with Crippen LogP contribution in [0.2, 0.25) is 0 Å². The highest BCUT2D eigenvalue weighted by Crippen LogP contribution is 2.40. The topological polar surface area (TPSA) is 66.9 Å². The number of carbonyl (C=O) groups is 1. The van der Waals surface area contributed by atoms with E-state index in [1.54, 1.807) is 34.8 Å². The molecule has 1 aromatic carbocycles. The average molecular weight is 449 g/mol. The van der Waals surface area contributed by atoms with Gasteiger partial charge < -0.3 is 4.90 Å². The summed E-state index contributed by atoms with van der Waals surface area (Å²) in [5, 5.41) is 4.09. The van der Waals surface area contributed by atoms with Gasteiger partial charge in [-0.05, 0) is 59.1 Å². The van der Waals surface area contributed by atoms with E-state index in [1.165, 1.54) is 36.7 Å². The summed E-state index contributed by atoms with van der Waals surface area (Å²) in [5.41, 5.74) is 1.64. The van der Waals surface area contributed by atoms with Crippen LogP contribution in [0.5, 0.6) is 0 Å². The van der Waals surface area contributed by atoms with Crippen molar-refractivity contribution in [3.8, 4) is 0 Å². The monoisotopic (exact) mass is 448 g/mol. The molecule has 1 unspecified atom stereocenters. The lowest BCUT2D eigenvalue weighted by Crippen LogP contribution is -2.39. The zero-order valence-corrected chi connectivity index (χ0v) is 18.4. The Hall–Kier alpha value is -2.04. The normalized spacial score (nSPS) is 16.8. The molecule has 0 aliphatic carbocycles. The fourth-order valence-electron chi connectivity index (χ4n) is 3.47. The summed E-state index contributed by atoms with van der Waals surface area (Å²) in [6, 6.07) is 12.0. The van der Waals surface area contributed by atoms with Crippen molar-refractivity contribution in [2.24, 2.45) is 0 Å². The number of amides is 1. The van der Waals surface area contributed by atoms with E-state index in [-0.39, 0.29) is 16.8 Å². The summed E-state index contributed by atoms with van der Waals surface area (Å²) < 4.78 is 25.5. The lowest BCUT2D eigenvalue weighted by molar-refractivity contribution is -0.0258. The first-order valence-electron chi connectivity index (χ1n) is 8.97. The van der Waals surface area contributed by atoms with E-state index in [0.717, 1.165) is 15.8 Å². The molecule has 3 heterocycles. The van der Waals surface area contributed by atoms with Gasteiger partial charge in [-0.1, -0.05) is 10.5 Å².